The van der Waals surface area contributed by atoms with Crippen LogP contribution in [0.1, 0.15) is 5.56 Å². The van der Waals surface area contributed by atoms with Crippen molar-refractivity contribution in [3.8, 4) is 23.5 Å². The van der Waals surface area contributed by atoms with Gasteiger partial charge in [-0.05, 0) is 52.2 Å². The van der Waals surface area contributed by atoms with Gasteiger partial charge in [0.05, 0.1) is 0 Å². The van der Waals surface area contributed by atoms with E-state index in [2.05, 4.69) is 80.2 Å². The average molecular weight is 386 g/mol. The van der Waals surface area contributed by atoms with E-state index in [0.29, 0.717) is 0 Å². The van der Waals surface area contributed by atoms with Crippen LogP contribution in [0.3, 0.4) is 0 Å². The molecular weight excluding hydrogens is 376 g/mol. The maximum Gasteiger partial charge on any atom is 0.0332 e. The van der Waals surface area contributed by atoms with Crippen molar-refractivity contribution in [3.05, 3.63) is 69.1 Å². The Morgan fingerprint density at radius 2 is 1.40 bits per heavy atom. The van der Waals surface area contributed by atoms with Gasteiger partial charge in [-0.15, -0.1) is 6.42 Å². The Labute approximate surface area is 135 Å². The van der Waals surface area contributed by atoms with Crippen molar-refractivity contribution in [2.24, 2.45) is 0 Å². The zero-order valence-corrected chi connectivity index (χ0v) is 13.7. The van der Waals surface area contributed by atoms with Gasteiger partial charge in [0.2, 0.25) is 0 Å². The first kappa shape index (κ1) is 13.4. The number of fused-ring (bicyclic) bond motifs is 1. The molecule has 0 N–H and O–H groups in total. The third kappa shape index (κ3) is 2.52. The molecule has 3 aromatic carbocycles. The summed E-state index contributed by atoms with van der Waals surface area (Å²) in [6.45, 7) is 0. The minimum absolute atomic E-state index is 0.899. The van der Waals surface area contributed by atoms with Crippen LogP contribution in [0.25, 0.3) is 21.9 Å². The first-order chi connectivity index (χ1) is 9.67. The molecule has 0 unspecified atom stereocenters. The number of terminal acetylenes is 1. The Hall–Kier alpha value is -1.56. The van der Waals surface area contributed by atoms with Crippen LogP contribution >= 0.6 is 31.9 Å². The quantitative estimate of drug-likeness (QED) is 0.449. The molecule has 0 fully saturated rings. The Bertz CT molecular complexity index is 842. The molecular formula is C18H10Br2. The third-order valence-corrected chi connectivity index (χ3v) is 4.24. The zero-order chi connectivity index (χ0) is 14.1. The molecule has 3 aromatic rings. The highest BCUT2D eigenvalue weighted by Crippen LogP contribution is 2.30. The lowest BCUT2D eigenvalue weighted by atomic mass is 9.97. The number of benzene rings is 3. The Morgan fingerprint density at radius 3 is 2.20 bits per heavy atom. The molecule has 0 nitrogen and oxygen atoms in total. The Kier molecular flexibility index (Phi) is 3.65. The minimum Gasteiger partial charge on any atom is -0.115 e. The maximum atomic E-state index is 5.61. The minimum atomic E-state index is 0.899. The van der Waals surface area contributed by atoms with E-state index in [1.165, 1.54) is 10.8 Å². The molecule has 0 bridgehead atoms. The molecule has 0 aliphatic carbocycles. The summed E-state index contributed by atoms with van der Waals surface area (Å²) >= 11 is 6.95. The van der Waals surface area contributed by atoms with Gasteiger partial charge in [0.15, 0.2) is 0 Å². The second-order valence-electron chi connectivity index (χ2n) is 4.54. The summed E-state index contributed by atoms with van der Waals surface area (Å²) in [5, 5.41) is 2.42. The van der Waals surface area contributed by atoms with Crippen molar-refractivity contribution in [2.45, 2.75) is 0 Å². The SMILES string of the molecule is C#Cc1cc(Br)ccc1-c1ccc2cc(Br)ccc2c1. The lowest BCUT2D eigenvalue weighted by Gasteiger charge is -2.08. The molecule has 0 amide bonds. The second-order valence-corrected chi connectivity index (χ2v) is 6.37. The van der Waals surface area contributed by atoms with Crippen molar-refractivity contribution < 1.29 is 0 Å². The smallest absolute Gasteiger partial charge is 0.0332 e. The van der Waals surface area contributed by atoms with E-state index in [1.54, 1.807) is 0 Å². The highest BCUT2D eigenvalue weighted by Gasteiger charge is 2.05. The molecule has 0 aliphatic heterocycles. The van der Waals surface area contributed by atoms with Crippen LogP contribution in [0.5, 0.6) is 0 Å². The number of rotatable bonds is 1. The number of hydrogen-bond acceptors (Lipinski definition) is 0. The van der Waals surface area contributed by atoms with E-state index in [-0.39, 0.29) is 0 Å². The van der Waals surface area contributed by atoms with E-state index < -0.39 is 0 Å². The van der Waals surface area contributed by atoms with Crippen molar-refractivity contribution in [3.63, 3.8) is 0 Å². The molecule has 0 heterocycles. The van der Waals surface area contributed by atoms with Gasteiger partial charge >= 0.3 is 0 Å². The first-order valence-electron chi connectivity index (χ1n) is 6.13. The molecule has 20 heavy (non-hydrogen) atoms. The Morgan fingerprint density at radius 1 is 0.750 bits per heavy atom. The lowest BCUT2D eigenvalue weighted by Crippen LogP contribution is -1.85. The van der Waals surface area contributed by atoms with Crippen LogP contribution in [0.2, 0.25) is 0 Å². The summed E-state index contributed by atoms with van der Waals surface area (Å²) < 4.78 is 2.09. The van der Waals surface area contributed by atoms with Gasteiger partial charge in [-0.2, -0.15) is 0 Å². The van der Waals surface area contributed by atoms with E-state index in [1.807, 2.05) is 12.1 Å². The van der Waals surface area contributed by atoms with Gasteiger partial charge < -0.3 is 0 Å². The first-order valence-corrected chi connectivity index (χ1v) is 7.72. The van der Waals surface area contributed by atoms with Crippen LogP contribution in [-0.4, -0.2) is 0 Å². The fourth-order valence-corrected chi connectivity index (χ4v) is 3.01. The summed E-state index contributed by atoms with van der Waals surface area (Å²) in [5.41, 5.74) is 3.12. The van der Waals surface area contributed by atoms with Crippen LogP contribution < -0.4 is 0 Å². The van der Waals surface area contributed by atoms with E-state index in [9.17, 15) is 0 Å². The summed E-state index contributed by atoms with van der Waals surface area (Å²) in [4.78, 5) is 0. The molecule has 0 radical (unpaired) electrons. The van der Waals surface area contributed by atoms with E-state index in [4.69, 9.17) is 6.42 Å². The predicted octanol–water partition coefficient (Wildman–Crippen LogP) is 6.01. The van der Waals surface area contributed by atoms with Gasteiger partial charge in [-0.25, -0.2) is 0 Å². The summed E-state index contributed by atoms with van der Waals surface area (Å²) in [6, 6.07) is 18.7. The fraction of sp³-hybridized carbons (Fsp3) is 0. The van der Waals surface area contributed by atoms with Crippen molar-refractivity contribution in [2.75, 3.05) is 0 Å². The number of halogens is 2. The highest BCUT2D eigenvalue weighted by atomic mass is 79.9. The molecule has 0 saturated heterocycles. The molecule has 0 aliphatic rings. The largest absolute Gasteiger partial charge is 0.115 e. The average Bonchev–Trinajstić information content (AvgIpc) is 2.46. The van der Waals surface area contributed by atoms with Crippen LogP contribution in [0.15, 0.2) is 63.5 Å². The van der Waals surface area contributed by atoms with Crippen molar-refractivity contribution in [1.82, 2.24) is 0 Å². The van der Waals surface area contributed by atoms with Crippen LogP contribution in [0.4, 0.5) is 0 Å². The van der Waals surface area contributed by atoms with E-state index >= 15 is 0 Å². The number of hydrogen-bond donors (Lipinski definition) is 0. The maximum absolute atomic E-state index is 5.61. The third-order valence-electron chi connectivity index (χ3n) is 3.25. The van der Waals surface area contributed by atoms with Gasteiger partial charge in [-0.3, -0.25) is 0 Å². The molecule has 0 aromatic heterocycles. The lowest BCUT2D eigenvalue weighted by molar-refractivity contribution is 1.57. The van der Waals surface area contributed by atoms with Gasteiger partial charge in [0.25, 0.3) is 0 Å². The normalized spacial score (nSPS) is 10.4. The van der Waals surface area contributed by atoms with Gasteiger partial charge in [0, 0.05) is 14.5 Å². The van der Waals surface area contributed by atoms with Crippen LogP contribution in [0, 0.1) is 12.3 Å². The monoisotopic (exact) mass is 384 g/mol. The molecule has 2 heteroatoms. The molecule has 0 spiro atoms. The highest BCUT2D eigenvalue weighted by molar-refractivity contribution is 9.10. The zero-order valence-electron chi connectivity index (χ0n) is 10.5. The second kappa shape index (κ2) is 5.44. The van der Waals surface area contributed by atoms with Gasteiger partial charge in [0.1, 0.15) is 0 Å². The summed E-state index contributed by atoms with van der Waals surface area (Å²) in [7, 11) is 0. The van der Waals surface area contributed by atoms with Crippen LogP contribution in [-0.2, 0) is 0 Å². The summed E-state index contributed by atoms with van der Waals surface area (Å²) in [5.74, 6) is 2.75. The van der Waals surface area contributed by atoms with Crippen molar-refractivity contribution >= 4 is 42.6 Å². The standard InChI is InChI=1S/C18H10Br2/c1-2-12-10-17(20)7-8-18(12)15-4-3-14-11-16(19)6-5-13(14)9-15/h1,3-11H. The van der Waals surface area contributed by atoms with E-state index in [0.717, 1.165) is 25.6 Å². The molecule has 3 rings (SSSR count). The fourth-order valence-electron chi connectivity index (χ4n) is 2.27. The molecule has 96 valence electrons. The topological polar surface area (TPSA) is 0 Å². The molecule has 0 saturated carbocycles. The molecule has 0 atom stereocenters. The van der Waals surface area contributed by atoms with Crippen molar-refractivity contribution in [1.29, 1.82) is 0 Å². The summed E-state index contributed by atoms with van der Waals surface area (Å²) in [6.07, 6.45) is 5.61. The predicted molar refractivity (Wildman–Crippen MR) is 92.7 cm³/mol. The van der Waals surface area contributed by atoms with Gasteiger partial charge in [-0.1, -0.05) is 62.0 Å². The Balaban J connectivity index is 2.20.